The third-order valence-corrected chi connectivity index (χ3v) is 6.10. The number of sulfonamides is 1. The van der Waals surface area contributed by atoms with Crippen molar-refractivity contribution in [3.63, 3.8) is 0 Å². The lowest BCUT2D eigenvalue weighted by molar-refractivity contribution is 0.0988. The normalized spacial score (nSPS) is 11.7. The van der Waals surface area contributed by atoms with Gasteiger partial charge in [0, 0.05) is 23.5 Å². The quantitative estimate of drug-likeness (QED) is 0.679. The van der Waals surface area contributed by atoms with Crippen molar-refractivity contribution in [3.8, 4) is 0 Å². The molecule has 0 fully saturated rings. The summed E-state index contributed by atoms with van der Waals surface area (Å²) < 4.78 is 27.1. The minimum Gasteiger partial charge on any atom is -0.308 e. The van der Waals surface area contributed by atoms with Crippen molar-refractivity contribution >= 4 is 32.4 Å². The third-order valence-electron chi connectivity index (χ3n) is 4.42. The van der Waals surface area contributed by atoms with Gasteiger partial charge in [0.15, 0.2) is 0 Å². The predicted octanol–water partition coefficient (Wildman–Crippen LogP) is 4.19. The molecule has 0 aliphatic rings. The summed E-state index contributed by atoms with van der Waals surface area (Å²) in [6.07, 6.45) is 0. The summed E-state index contributed by atoms with van der Waals surface area (Å²) in [5, 5.41) is 2.06. The van der Waals surface area contributed by atoms with Crippen LogP contribution in [0.4, 0.5) is 5.69 Å². The molecule has 1 amide bonds. The van der Waals surface area contributed by atoms with Crippen LogP contribution in [-0.2, 0) is 10.0 Å². The van der Waals surface area contributed by atoms with Crippen molar-refractivity contribution in [2.75, 3.05) is 11.4 Å². The number of benzene rings is 3. The van der Waals surface area contributed by atoms with Crippen molar-refractivity contribution in [1.29, 1.82) is 0 Å². The Balaban J connectivity index is 1.94. The Morgan fingerprint density at radius 3 is 2.25 bits per heavy atom. The summed E-state index contributed by atoms with van der Waals surface area (Å²) in [6, 6.07) is 19.6. The minimum absolute atomic E-state index is 0.144. The van der Waals surface area contributed by atoms with Gasteiger partial charge in [0.05, 0.1) is 10.6 Å². The second-order valence-electron chi connectivity index (χ2n) is 6.85. The van der Waals surface area contributed by atoms with E-state index in [1.807, 2.05) is 49.4 Å². The zero-order chi connectivity index (χ0) is 20.3. The van der Waals surface area contributed by atoms with Crippen LogP contribution in [0, 0.1) is 0 Å². The van der Waals surface area contributed by atoms with E-state index < -0.39 is 10.0 Å². The molecule has 0 saturated heterocycles. The van der Waals surface area contributed by atoms with Crippen LogP contribution in [-0.4, -0.2) is 26.9 Å². The van der Waals surface area contributed by atoms with E-state index in [2.05, 4.69) is 4.72 Å². The Hall–Kier alpha value is -2.70. The van der Waals surface area contributed by atoms with Crippen LogP contribution in [0.1, 0.15) is 31.1 Å². The number of carbonyl (C=O) groups is 1. The third kappa shape index (κ3) is 4.08. The molecule has 0 aliphatic heterocycles. The second kappa shape index (κ2) is 8.12. The molecule has 0 unspecified atom stereocenters. The maximum atomic E-state index is 13.1. The molecule has 146 valence electrons. The number of rotatable bonds is 6. The summed E-state index contributed by atoms with van der Waals surface area (Å²) in [5.74, 6) is -0.167. The van der Waals surface area contributed by atoms with E-state index in [9.17, 15) is 13.2 Å². The molecule has 0 aromatic heterocycles. The fourth-order valence-electron chi connectivity index (χ4n) is 3.18. The first-order valence-corrected chi connectivity index (χ1v) is 10.7. The first kappa shape index (κ1) is 20.0. The van der Waals surface area contributed by atoms with Gasteiger partial charge in [-0.1, -0.05) is 36.4 Å². The van der Waals surface area contributed by atoms with E-state index >= 15 is 0 Å². The van der Waals surface area contributed by atoms with Gasteiger partial charge < -0.3 is 4.90 Å². The molecule has 0 radical (unpaired) electrons. The van der Waals surface area contributed by atoms with Crippen molar-refractivity contribution in [2.45, 2.75) is 31.7 Å². The van der Waals surface area contributed by atoms with Crippen LogP contribution in [0.3, 0.4) is 0 Å². The van der Waals surface area contributed by atoms with Crippen LogP contribution < -0.4 is 9.62 Å². The molecular formula is C22H24N2O3S. The highest BCUT2D eigenvalue weighted by Crippen LogP contribution is 2.28. The SMILES string of the molecule is CCN(C(=O)c1ccc(S(=O)(=O)NC(C)C)cc1)c1cccc2ccccc12. The number of nitrogens with zero attached hydrogens (tertiary/aromatic N) is 1. The number of carbonyl (C=O) groups excluding carboxylic acids is 1. The molecule has 0 atom stereocenters. The van der Waals surface area contributed by atoms with E-state index in [1.54, 1.807) is 30.9 Å². The summed E-state index contributed by atoms with van der Waals surface area (Å²) in [5.41, 5.74) is 1.28. The van der Waals surface area contributed by atoms with E-state index in [1.165, 1.54) is 12.1 Å². The molecule has 6 heteroatoms. The Kier molecular flexibility index (Phi) is 5.82. The smallest absolute Gasteiger partial charge is 0.258 e. The lowest BCUT2D eigenvalue weighted by atomic mass is 10.1. The molecule has 28 heavy (non-hydrogen) atoms. The average Bonchev–Trinajstić information content (AvgIpc) is 2.68. The topological polar surface area (TPSA) is 66.5 Å². The van der Waals surface area contributed by atoms with Gasteiger partial charge in [-0.15, -0.1) is 0 Å². The van der Waals surface area contributed by atoms with Crippen LogP contribution in [0.15, 0.2) is 71.6 Å². The minimum atomic E-state index is -3.58. The number of hydrogen-bond donors (Lipinski definition) is 1. The second-order valence-corrected chi connectivity index (χ2v) is 8.56. The number of anilines is 1. The first-order valence-electron chi connectivity index (χ1n) is 9.25. The molecule has 1 N–H and O–H groups in total. The molecule has 0 bridgehead atoms. The van der Waals surface area contributed by atoms with Crippen molar-refractivity contribution < 1.29 is 13.2 Å². The van der Waals surface area contributed by atoms with Gasteiger partial charge in [0.1, 0.15) is 0 Å². The van der Waals surface area contributed by atoms with Gasteiger partial charge in [0.2, 0.25) is 10.0 Å². The summed E-state index contributed by atoms with van der Waals surface area (Å²) in [4.78, 5) is 15.0. The van der Waals surface area contributed by atoms with Crippen molar-refractivity contribution in [2.24, 2.45) is 0 Å². The summed E-state index contributed by atoms with van der Waals surface area (Å²) in [6.45, 7) is 5.95. The number of fused-ring (bicyclic) bond motifs is 1. The fourth-order valence-corrected chi connectivity index (χ4v) is 4.43. The number of hydrogen-bond acceptors (Lipinski definition) is 3. The average molecular weight is 397 g/mol. The molecule has 5 nitrogen and oxygen atoms in total. The van der Waals surface area contributed by atoms with Crippen LogP contribution >= 0.6 is 0 Å². The Labute approximate surface area is 166 Å². The van der Waals surface area contributed by atoms with E-state index in [4.69, 9.17) is 0 Å². The highest BCUT2D eigenvalue weighted by Gasteiger charge is 2.20. The largest absolute Gasteiger partial charge is 0.308 e. The van der Waals surface area contributed by atoms with Crippen LogP contribution in [0.5, 0.6) is 0 Å². The molecule has 0 aliphatic carbocycles. The Morgan fingerprint density at radius 1 is 0.964 bits per heavy atom. The molecule has 3 aromatic carbocycles. The highest BCUT2D eigenvalue weighted by molar-refractivity contribution is 7.89. The van der Waals surface area contributed by atoms with E-state index in [0.29, 0.717) is 12.1 Å². The fraction of sp³-hybridized carbons (Fsp3) is 0.227. The van der Waals surface area contributed by atoms with Gasteiger partial charge in [-0.25, -0.2) is 13.1 Å². The standard InChI is InChI=1S/C22H24N2O3S/c1-4-24(21-11-7-9-17-8-5-6-10-20(17)21)22(25)18-12-14-19(15-13-18)28(26,27)23-16(2)3/h5-16,23H,4H2,1-3H3. The lowest BCUT2D eigenvalue weighted by Gasteiger charge is -2.23. The van der Waals surface area contributed by atoms with Crippen LogP contribution in [0.25, 0.3) is 10.8 Å². The maximum Gasteiger partial charge on any atom is 0.258 e. The molecule has 0 spiro atoms. The van der Waals surface area contributed by atoms with E-state index in [0.717, 1.165) is 16.5 Å². The maximum absolute atomic E-state index is 13.1. The van der Waals surface area contributed by atoms with Gasteiger partial charge >= 0.3 is 0 Å². The zero-order valence-electron chi connectivity index (χ0n) is 16.2. The summed E-state index contributed by atoms with van der Waals surface area (Å²) in [7, 11) is -3.58. The highest BCUT2D eigenvalue weighted by atomic mass is 32.2. The molecular weight excluding hydrogens is 372 g/mol. The Morgan fingerprint density at radius 2 is 1.61 bits per heavy atom. The monoisotopic (exact) mass is 396 g/mol. The summed E-state index contributed by atoms with van der Waals surface area (Å²) >= 11 is 0. The first-order chi connectivity index (χ1) is 13.3. The zero-order valence-corrected chi connectivity index (χ0v) is 17.0. The molecule has 0 heterocycles. The number of nitrogens with one attached hydrogen (secondary N) is 1. The molecule has 3 rings (SSSR count). The molecule has 3 aromatic rings. The van der Waals surface area contributed by atoms with Gasteiger partial charge in [0.25, 0.3) is 5.91 Å². The van der Waals surface area contributed by atoms with Gasteiger partial charge in [-0.3, -0.25) is 4.79 Å². The van der Waals surface area contributed by atoms with Crippen molar-refractivity contribution in [3.05, 3.63) is 72.3 Å². The van der Waals surface area contributed by atoms with Crippen molar-refractivity contribution in [1.82, 2.24) is 4.72 Å². The van der Waals surface area contributed by atoms with E-state index in [-0.39, 0.29) is 16.8 Å². The van der Waals surface area contributed by atoms with Crippen LogP contribution in [0.2, 0.25) is 0 Å². The van der Waals surface area contributed by atoms with Gasteiger partial charge in [-0.2, -0.15) is 0 Å². The number of amides is 1. The van der Waals surface area contributed by atoms with Gasteiger partial charge in [-0.05, 0) is 56.5 Å². The predicted molar refractivity (Wildman–Crippen MR) is 113 cm³/mol. The molecule has 0 saturated carbocycles. The lowest BCUT2D eigenvalue weighted by Crippen LogP contribution is -2.31. The Bertz CT molecular complexity index is 1080.